The molecule has 9 heavy (non-hydrogen) atoms. The second kappa shape index (κ2) is 4.17. The highest BCUT2D eigenvalue weighted by molar-refractivity contribution is 8.01. The molecule has 0 unspecified atom stereocenters. The van der Waals surface area contributed by atoms with E-state index in [2.05, 4.69) is 37.4 Å². The van der Waals surface area contributed by atoms with Gasteiger partial charge in [-0.2, -0.15) is 0 Å². The third-order valence-corrected chi connectivity index (χ3v) is 2.89. The second-order valence-corrected chi connectivity index (χ2v) is 9.65. The molecule has 0 saturated heterocycles. The van der Waals surface area contributed by atoms with Crippen molar-refractivity contribution < 1.29 is 0 Å². The van der Waals surface area contributed by atoms with Gasteiger partial charge in [0.05, 0.1) is 0 Å². The molecule has 54 valence electrons. The Morgan fingerprint density at radius 1 is 1.33 bits per heavy atom. The molecule has 0 radical (unpaired) electrons. The van der Waals surface area contributed by atoms with E-state index in [1.54, 1.807) is 11.8 Å². The lowest BCUT2D eigenvalue weighted by Gasteiger charge is -2.10. The highest BCUT2D eigenvalue weighted by atomic mass is 32.2. The van der Waals surface area contributed by atoms with E-state index in [-0.39, 0.29) is 0 Å². The number of hydrogen-bond acceptors (Lipinski definition) is 1. The summed E-state index contributed by atoms with van der Waals surface area (Å²) in [6.45, 7) is 7.16. The molecule has 0 saturated carbocycles. The number of rotatable bonds is 3. The van der Waals surface area contributed by atoms with Gasteiger partial charge < -0.3 is 0 Å². The van der Waals surface area contributed by atoms with Crippen LogP contribution in [0.1, 0.15) is 0 Å². The predicted molar refractivity (Wildman–Crippen MR) is 50.8 cm³/mol. The Morgan fingerprint density at radius 3 is 2.22 bits per heavy atom. The summed E-state index contributed by atoms with van der Waals surface area (Å²) in [7, 11) is -0.795. The molecule has 0 aromatic rings. The van der Waals surface area contributed by atoms with Crippen molar-refractivity contribution in [2.45, 2.75) is 25.7 Å². The maximum atomic E-state index is 2.39. The first-order valence-electron chi connectivity index (χ1n) is 3.24. The van der Waals surface area contributed by atoms with Crippen molar-refractivity contribution in [3.8, 4) is 0 Å². The first-order chi connectivity index (χ1) is 4.06. The average molecular weight is 160 g/mol. The van der Waals surface area contributed by atoms with Crippen molar-refractivity contribution in [2.24, 2.45) is 0 Å². The molecular formula is C7H16SSi. The van der Waals surface area contributed by atoms with Gasteiger partial charge in [-0.15, -0.1) is 11.8 Å². The Labute approximate surface area is 63.7 Å². The van der Waals surface area contributed by atoms with Crippen LogP contribution in [0, 0.1) is 0 Å². The third-order valence-electron chi connectivity index (χ3n) is 0.963. The van der Waals surface area contributed by atoms with Crippen molar-refractivity contribution in [1.82, 2.24) is 0 Å². The predicted octanol–water partition coefficient (Wildman–Crippen LogP) is 3.20. The molecule has 0 aliphatic carbocycles. The van der Waals surface area contributed by atoms with E-state index >= 15 is 0 Å². The summed E-state index contributed by atoms with van der Waals surface area (Å²) in [5, 5.41) is 2.18. The summed E-state index contributed by atoms with van der Waals surface area (Å²) in [6.07, 6.45) is 4.39. The molecule has 0 bridgehead atoms. The van der Waals surface area contributed by atoms with Crippen molar-refractivity contribution in [1.29, 1.82) is 0 Å². The molecule has 0 aliphatic rings. The summed E-state index contributed by atoms with van der Waals surface area (Å²) in [4.78, 5) is 0. The van der Waals surface area contributed by atoms with Crippen molar-refractivity contribution >= 4 is 19.8 Å². The van der Waals surface area contributed by atoms with Crippen LogP contribution >= 0.6 is 11.8 Å². The summed E-state index contributed by atoms with van der Waals surface area (Å²) < 4.78 is 0. The largest absolute Gasteiger partial charge is 0.138 e. The molecule has 0 aromatic heterocycles. The van der Waals surface area contributed by atoms with Gasteiger partial charge in [0.1, 0.15) is 0 Å². The normalized spacial score (nSPS) is 12.9. The molecule has 0 fully saturated rings. The zero-order valence-corrected chi connectivity index (χ0v) is 8.59. The zero-order chi connectivity index (χ0) is 7.33. The van der Waals surface area contributed by atoms with Crippen LogP contribution in [0.3, 0.4) is 0 Å². The van der Waals surface area contributed by atoms with Crippen LogP contribution in [0.15, 0.2) is 11.5 Å². The van der Waals surface area contributed by atoms with E-state index in [0.29, 0.717) is 0 Å². The maximum absolute atomic E-state index is 2.39. The fraction of sp³-hybridized carbons (Fsp3) is 0.714. The van der Waals surface area contributed by atoms with Crippen molar-refractivity contribution in [3.63, 3.8) is 0 Å². The summed E-state index contributed by atoms with van der Waals surface area (Å²) in [6, 6.07) is 1.31. The summed E-state index contributed by atoms with van der Waals surface area (Å²) >= 11 is 1.78. The molecule has 2 heteroatoms. The summed E-state index contributed by atoms with van der Waals surface area (Å²) in [5.41, 5.74) is 0. The van der Waals surface area contributed by atoms with Crippen LogP contribution in [0.25, 0.3) is 0 Å². The lowest BCUT2D eigenvalue weighted by Crippen LogP contribution is -2.17. The fourth-order valence-electron chi connectivity index (χ4n) is 0.498. The van der Waals surface area contributed by atoms with E-state index in [1.807, 2.05) is 0 Å². The van der Waals surface area contributed by atoms with Crippen molar-refractivity contribution in [3.05, 3.63) is 11.5 Å². The first kappa shape index (κ1) is 9.31. The Bertz CT molecular complexity index is 91.6. The Morgan fingerprint density at radius 2 is 1.89 bits per heavy atom. The van der Waals surface area contributed by atoms with Crippen LogP contribution in [-0.2, 0) is 0 Å². The van der Waals surface area contributed by atoms with Crippen LogP contribution in [0.2, 0.25) is 25.7 Å². The second-order valence-electron chi connectivity index (χ2n) is 3.37. The van der Waals surface area contributed by atoms with Gasteiger partial charge in [-0.25, -0.2) is 0 Å². The fourth-order valence-corrected chi connectivity index (χ4v) is 1.78. The number of allylic oxidation sites excluding steroid dienone is 1. The first-order valence-corrected chi connectivity index (χ1v) is 8.23. The SMILES string of the molecule is CS/C=C/C[Si](C)(C)C. The summed E-state index contributed by atoms with van der Waals surface area (Å²) in [5.74, 6) is 0. The quantitative estimate of drug-likeness (QED) is 0.571. The molecule has 0 heterocycles. The minimum Gasteiger partial charge on any atom is -0.138 e. The average Bonchev–Trinajstić information content (AvgIpc) is 1.63. The molecule has 0 nitrogen and oxygen atoms in total. The van der Waals surface area contributed by atoms with Crippen molar-refractivity contribution in [2.75, 3.05) is 6.26 Å². The van der Waals surface area contributed by atoms with Gasteiger partial charge in [-0.05, 0) is 17.7 Å². The Kier molecular flexibility index (Phi) is 4.32. The third kappa shape index (κ3) is 8.31. The van der Waals surface area contributed by atoms with E-state index in [4.69, 9.17) is 0 Å². The van der Waals surface area contributed by atoms with Gasteiger partial charge >= 0.3 is 0 Å². The minimum atomic E-state index is -0.795. The van der Waals surface area contributed by atoms with E-state index in [0.717, 1.165) is 0 Å². The van der Waals surface area contributed by atoms with Gasteiger partial charge in [0.15, 0.2) is 0 Å². The topological polar surface area (TPSA) is 0 Å². The maximum Gasteiger partial charge on any atom is 0.0480 e. The monoisotopic (exact) mass is 160 g/mol. The highest BCUT2D eigenvalue weighted by Gasteiger charge is 2.08. The van der Waals surface area contributed by atoms with Crippen LogP contribution in [0.5, 0.6) is 0 Å². The van der Waals surface area contributed by atoms with E-state index < -0.39 is 8.07 Å². The lowest BCUT2D eigenvalue weighted by atomic mass is 10.8. The smallest absolute Gasteiger partial charge is 0.0480 e. The van der Waals surface area contributed by atoms with E-state index in [9.17, 15) is 0 Å². The van der Waals surface area contributed by atoms with E-state index in [1.165, 1.54) is 6.04 Å². The van der Waals surface area contributed by atoms with Gasteiger partial charge in [-0.3, -0.25) is 0 Å². The van der Waals surface area contributed by atoms with Crippen LogP contribution in [-0.4, -0.2) is 14.3 Å². The number of thioether (sulfide) groups is 1. The molecule has 0 spiro atoms. The molecular weight excluding hydrogens is 144 g/mol. The zero-order valence-electron chi connectivity index (χ0n) is 6.77. The highest BCUT2D eigenvalue weighted by Crippen LogP contribution is 2.09. The van der Waals surface area contributed by atoms with Gasteiger partial charge in [0.25, 0.3) is 0 Å². The lowest BCUT2D eigenvalue weighted by molar-refractivity contribution is 1.52. The standard InChI is InChI=1S/C7H16SSi/c1-8-6-5-7-9(2,3)4/h5-6H,7H2,1-4H3/b6-5+. The van der Waals surface area contributed by atoms with Crippen LogP contribution in [0.4, 0.5) is 0 Å². The Balaban J connectivity index is 3.38. The molecule has 0 N–H and O–H groups in total. The number of hydrogen-bond donors (Lipinski definition) is 0. The molecule has 0 atom stereocenters. The van der Waals surface area contributed by atoms with Gasteiger partial charge in [-0.1, -0.05) is 25.7 Å². The molecule has 0 aliphatic heterocycles. The van der Waals surface area contributed by atoms with Gasteiger partial charge in [0.2, 0.25) is 0 Å². The molecule has 0 rings (SSSR count). The Hall–Kier alpha value is 0.307. The minimum absolute atomic E-state index is 0.795. The van der Waals surface area contributed by atoms with Crippen LogP contribution < -0.4 is 0 Å². The molecule has 0 aromatic carbocycles. The molecule has 0 amide bonds. The van der Waals surface area contributed by atoms with Gasteiger partial charge in [0, 0.05) is 8.07 Å².